The molecule has 1 unspecified atom stereocenters. The lowest BCUT2D eigenvalue weighted by atomic mass is 10.0. The fourth-order valence-corrected chi connectivity index (χ4v) is 2.94. The SMILES string of the molecule is CC(C)c1cc(C(=O)N2CCNCC2c2cccnc2)n(C)n1.Cl. The molecular formula is C17H24ClN5O. The molecule has 24 heavy (non-hydrogen) atoms. The highest BCUT2D eigenvalue weighted by Gasteiger charge is 2.30. The summed E-state index contributed by atoms with van der Waals surface area (Å²) >= 11 is 0. The number of hydrogen-bond donors (Lipinski definition) is 1. The fourth-order valence-electron chi connectivity index (χ4n) is 2.94. The zero-order chi connectivity index (χ0) is 16.4. The summed E-state index contributed by atoms with van der Waals surface area (Å²) < 4.78 is 1.69. The van der Waals surface area contributed by atoms with E-state index in [4.69, 9.17) is 0 Å². The normalized spacial score (nSPS) is 17.7. The van der Waals surface area contributed by atoms with Crippen LogP contribution in [-0.4, -0.2) is 45.2 Å². The predicted octanol–water partition coefficient (Wildman–Crippen LogP) is 2.15. The molecule has 1 aliphatic rings. The van der Waals surface area contributed by atoms with Crippen LogP contribution in [0.1, 0.15) is 47.6 Å². The van der Waals surface area contributed by atoms with Gasteiger partial charge < -0.3 is 10.2 Å². The van der Waals surface area contributed by atoms with Gasteiger partial charge in [-0.25, -0.2) is 0 Å². The number of amides is 1. The first-order valence-corrected chi connectivity index (χ1v) is 8.03. The Morgan fingerprint density at radius 2 is 2.21 bits per heavy atom. The number of hydrogen-bond acceptors (Lipinski definition) is 4. The van der Waals surface area contributed by atoms with Crippen LogP contribution in [0.5, 0.6) is 0 Å². The Kier molecular flexibility index (Phi) is 5.96. The highest BCUT2D eigenvalue weighted by atomic mass is 35.5. The number of piperazine rings is 1. The number of carbonyl (C=O) groups is 1. The summed E-state index contributed by atoms with van der Waals surface area (Å²) in [6.07, 6.45) is 3.59. The minimum absolute atomic E-state index is 0. The van der Waals surface area contributed by atoms with Gasteiger partial charge in [-0.05, 0) is 23.6 Å². The van der Waals surface area contributed by atoms with Crippen molar-refractivity contribution in [1.29, 1.82) is 0 Å². The Bertz CT molecular complexity index is 686. The Balaban J connectivity index is 0.00000208. The van der Waals surface area contributed by atoms with E-state index in [1.54, 1.807) is 10.9 Å². The van der Waals surface area contributed by atoms with Gasteiger partial charge in [0.15, 0.2) is 0 Å². The number of nitrogens with zero attached hydrogens (tertiary/aromatic N) is 4. The third kappa shape index (κ3) is 3.60. The summed E-state index contributed by atoms with van der Waals surface area (Å²) in [6.45, 7) is 6.39. The van der Waals surface area contributed by atoms with Gasteiger partial charge in [-0.1, -0.05) is 19.9 Å². The van der Waals surface area contributed by atoms with E-state index in [0.29, 0.717) is 18.2 Å². The van der Waals surface area contributed by atoms with Crippen molar-refractivity contribution in [3.8, 4) is 0 Å². The monoisotopic (exact) mass is 349 g/mol. The summed E-state index contributed by atoms with van der Waals surface area (Å²) in [4.78, 5) is 19.2. The molecule has 7 heteroatoms. The van der Waals surface area contributed by atoms with E-state index in [0.717, 1.165) is 24.3 Å². The summed E-state index contributed by atoms with van der Waals surface area (Å²) in [5.41, 5.74) is 2.65. The maximum absolute atomic E-state index is 13.1. The molecule has 1 fully saturated rings. The minimum Gasteiger partial charge on any atom is -0.328 e. The molecule has 1 amide bonds. The van der Waals surface area contributed by atoms with Gasteiger partial charge in [0.25, 0.3) is 5.91 Å². The second-order valence-corrected chi connectivity index (χ2v) is 6.24. The van der Waals surface area contributed by atoms with Crippen molar-refractivity contribution in [1.82, 2.24) is 25.0 Å². The summed E-state index contributed by atoms with van der Waals surface area (Å²) in [5, 5.41) is 7.83. The highest BCUT2D eigenvalue weighted by Crippen LogP contribution is 2.24. The summed E-state index contributed by atoms with van der Waals surface area (Å²) in [6, 6.07) is 5.85. The number of rotatable bonds is 3. The quantitative estimate of drug-likeness (QED) is 0.922. The van der Waals surface area contributed by atoms with Gasteiger partial charge in [0.1, 0.15) is 5.69 Å². The number of pyridine rings is 1. The molecule has 0 aliphatic carbocycles. The van der Waals surface area contributed by atoms with E-state index in [1.165, 1.54) is 0 Å². The van der Waals surface area contributed by atoms with E-state index in [9.17, 15) is 4.79 Å². The van der Waals surface area contributed by atoms with Gasteiger partial charge in [-0.3, -0.25) is 14.5 Å². The second kappa shape index (κ2) is 7.77. The van der Waals surface area contributed by atoms with Crippen LogP contribution in [0, 0.1) is 0 Å². The van der Waals surface area contributed by atoms with Gasteiger partial charge in [-0.2, -0.15) is 5.10 Å². The number of carbonyl (C=O) groups excluding carboxylic acids is 1. The van der Waals surface area contributed by atoms with Crippen molar-refractivity contribution in [2.75, 3.05) is 19.6 Å². The largest absolute Gasteiger partial charge is 0.328 e. The Hall–Kier alpha value is -1.92. The van der Waals surface area contributed by atoms with Gasteiger partial charge >= 0.3 is 0 Å². The van der Waals surface area contributed by atoms with Crippen LogP contribution in [0.4, 0.5) is 0 Å². The van der Waals surface area contributed by atoms with E-state index >= 15 is 0 Å². The lowest BCUT2D eigenvalue weighted by Crippen LogP contribution is -2.49. The standard InChI is InChI=1S/C17H23N5O.ClH/c1-12(2)14-9-15(21(3)20-14)17(23)22-8-7-19-11-16(22)13-5-4-6-18-10-13;/h4-6,9-10,12,16,19H,7-8,11H2,1-3H3;1H. The number of aromatic nitrogens is 3. The third-order valence-corrected chi connectivity index (χ3v) is 4.28. The second-order valence-electron chi connectivity index (χ2n) is 6.24. The smallest absolute Gasteiger partial charge is 0.272 e. The van der Waals surface area contributed by atoms with Gasteiger partial charge in [0, 0.05) is 39.1 Å². The molecule has 0 bridgehead atoms. The molecule has 2 aromatic heterocycles. The first kappa shape index (κ1) is 18.4. The Morgan fingerprint density at radius 3 is 2.83 bits per heavy atom. The van der Waals surface area contributed by atoms with Crippen LogP contribution in [-0.2, 0) is 7.05 Å². The molecule has 0 saturated carbocycles. The topological polar surface area (TPSA) is 63.1 Å². The molecule has 0 aromatic carbocycles. The van der Waals surface area contributed by atoms with E-state index < -0.39 is 0 Å². The molecule has 130 valence electrons. The van der Waals surface area contributed by atoms with E-state index in [2.05, 4.69) is 29.2 Å². The lowest BCUT2D eigenvalue weighted by molar-refractivity contribution is 0.0622. The Labute approximate surface area is 148 Å². The molecule has 0 spiro atoms. The highest BCUT2D eigenvalue weighted by molar-refractivity contribution is 5.93. The first-order chi connectivity index (χ1) is 11.1. The third-order valence-electron chi connectivity index (χ3n) is 4.28. The van der Waals surface area contributed by atoms with Gasteiger partial charge in [0.05, 0.1) is 11.7 Å². The van der Waals surface area contributed by atoms with Crippen molar-refractivity contribution >= 4 is 18.3 Å². The average Bonchev–Trinajstić information content (AvgIpc) is 2.97. The van der Waals surface area contributed by atoms with Crippen molar-refractivity contribution in [3.05, 3.63) is 47.5 Å². The summed E-state index contributed by atoms with van der Waals surface area (Å²) in [7, 11) is 1.83. The lowest BCUT2D eigenvalue weighted by Gasteiger charge is -2.36. The van der Waals surface area contributed by atoms with E-state index in [1.807, 2.05) is 36.3 Å². The number of halogens is 1. The van der Waals surface area contributed by atoms with Crippen molar-refractivity contribution in [3.63, 3.8) is 0 Å². The predicted molar refractivity (Wildman–Crippen MR) is 95.4 cm³/mol. The van der Waals surface area contributed by atoms with Crippen LogP contribution in [0.15, 0.2) is 30.6 Å². The molecule has 1 aliphatic heterocycles. The van der Waals surface area contributed by atoms with Gasteiger partial charge in [0.2, 0.25) is 0 Å². The molecule has 1 saturated heterocycles. The van der Waals surface area contributed by atoms with Crippen molar-refractivity contribution in [2.45, 2.75) is 25.8 Å². The maximum atomic E-state index is 13.1. The minimum atomic E-state index is 0. The maximum Gasteiger partial charge on any atom is 0.272 e. The van der Waals surface area contributed by atoms with Crippen LogP contribution in [0.2, 0.25) is 0 Å². The molecule has 3 rings (SSSR count). The van der Waals surface area contributed by atoms with Crippen LogP contribution >= 0.6 is 12.4 Å². The zero-order valence-corrected chi connectivity index (χ0v) is 15.1. The molecule has 3 heterocycles. The molecule has 2 aromatic rings. The van der Waals surface area contributed by atoms with Crippen LogP contribution in [0.25, 0.3) is 0 Å². The molecule has 1 atom stereocenters. The first-order valence-electron chi connectivity index (χ1n) is 8.03. The van der Waals surface area contributed by atoms with E-state index in [-0.39, 0.29) is 24.4 Å². The van der Waals surface area contributed by atoms with Crippen molar-refractivity contribution < 1.29 is 4.79 Å². The molecule has 6 nitrogen and oxygen atoms in total. The molecule has 0 radical (unpaired) electrons. The van der Waals surface area contributed by atoms with Gasteiger partial charge in [-0.15, -0.1) is 12.4 Å². The fraction of sp³-hybridized carbons (Fsp3) is 0.471. The molecule has 1 N–H and O–H groups in total. The number of aryl methyl sites for hydroxylation is 1. The van der Waals surface area contributed by atoms with Crippen LogP contribution in [0.3, 0.4) is 0 Å². The molecular weight excluding hydrogens is 326 g/mol. The zero-order valence-electron chi connectivity index (χ0n) is 14.3. The summed E-state index contributed by atoms with van der Waals surface area (Å²) in [5.74, 6) is 0.335. The Morgan fingerprint density at radius 1 is 1.42 bits per heavy atom. The average molecular weight is 350 g/mol. The van der Waals surface area contributed by atoms with Crippen LogP contribution < -0.4 is 5.32 Å². The van der Waals surface area contributed by atoms with Crippen molar-refractivity contribution in [2.24, 2.45) is 7.05 Å². The number of nitrogens with one attached hydrogen (secondary N) is 1.